The van der Waals surface area contributed by atoms with Crippen LogP contribution in [0.5, 0.6) is 5.75 Å². The molecular formula is C20H22N5O7PS2. The molecule has 186 valence electrons. The van der Waals surface area contributed by atoms with E-state index in [2.05, 4.69) is 11.1 Å². The maximum Gasteiger partial charge on any atom is 0.429 e. The molecule has 3 N–H and O–H groups in total. The van der Waals surface area contributed by atoms with Gasteiger partial charge in [-0.25, -0.2) is 9.55 Å². The number of nitriles is 2. The second-order valence-corrected chi connectivity index (χ2v) is 11.3. The van der Waals surface area contributed by atoms with E-state index >= 15 is 0 Å². The van der Waals surface area contributed by atoms with Gasteiger partial charge in [-0.1, -0.05) is 30.8 Å². The Hall–Kier alpha value is -3.13. The maximum atomic E-state index is 12.8. The van der Waals surface area contributed by atoms with Crippen molar-refractivity contribution in [3.63, 3.8) is 0 Å². The molecule has 0 aliphatic heterocycles. The molecule has 1 atom stereocenters. The van der Waals surface area contributed by atoms with Crippen LogP contribution in [0.1, 0.15) is 34.4 Å². The molecule has 35 heavy (non-hydrogen) atoms. The van der Waals surface area contributed by atoms with Gasteiger partial charge in [-0.2, -0.15) is 18.9 Å². The van der Waals surface area contributed by atoms with Gasteiger partial charge in [0.2, 0.25) is 5.91 Å². The number of thioether (sulfide) groups is 1. The van der Waals surface area contributed by atoms with Crippen LogP contribution in [0.2, 0.25) is 0 Å². The fourth-order valence-electron chi connectivity index (χ4n) is 3.05. The van der Waals surface area contributed by atoms with Crippen LogP contribution in [0.4, 0.5) is 5.82 Å². The van der Waals surface area contributed by atoms with E-state index in [1.165, 1.54) is 24.3 Å². The Kier molecular flexibility index (Phi) is 8.89. The highest BCUT2D eigenvalue weighted by molar-refractivity contribution is 8.00. The van der Waals surface area contributed by atoms with Gasteiger partial charge in [-0.05, 0) is 29.7 Å². The lowest BCUT2D eigenvalue weighted by Crippen LogP contribution is -2.25. The monoisotopic (exact) mass is 539 g/mol. The molecule has 0 aliphatic rings. The van der Waals surface area contributed by atoms with E-state index in [1.807, 2.05) is 6.07 Å². The van der Waals surface area contributed by atoms with Crippen LogP contribution in [0, 0.1) is 22.7 Å². The normalized spacial score (nSPS) is 12.2. The van der Waals surface area contributed by atoms with E-state index in [-0.39, 0.29) is 33.3 Å². The third-order valence-electron chi connectivity index (χ3n) is 4.40. The van der Waals surface area contributed by atoms with Crippen molar-refractivity contribution in [3.8, 4) is 17.9 Å². The Balaban J connectivity index is 2.66. The number of amides is 1. The molecule has 2 aromatic rings. The van der Waals surface area contributed by atoms with Crippen molar-refractivity contribution in [2.75, 3.05) is 25.3 Å². The number of carbonyl (C=O) groups excluding carboxylic acids is 1. The summed E-state index contributed by atoms with van der Waals surface area (Å²) >= 11 is 0.757. The lowest BCUT2D eigenvalue weighted by Gasteiger charge is -2.21. The summed E-state index contributed by atoms with van der Waals surface area (Å²) in [5.74, 6) is -0.843. The summed E-state index contributed by atoms with van der Waals surface area (Å²) < 4.78 is 38.9. The highest BCUT2D eigenvalue weighted by Crippen LogP contribution is 2.41. The van der Waals surface area contributed by atoms with Gasteiger partial charge in [-0.3, -0.25) is 9.88 Å². The summed E-state index contributed by atoms with van der Waals surface area (Å²) in [5.41, 5.74) is 0.908. The number of pyridine rings is 1. The van der Waals surface area contributed by atoms with Crippen molar-refractivity contribution >= 4 is 41.4 Å². The fourth-order valence-corrected chi connectivity index (χ4v) is 5.12. The van der Waals surface area contributed by atoms with Crippen molar-refractivity contribution in [2.24, 2.45) is 0 Å². The molecule has 12 nitrogen and oxygen atoms in total. The molecular weight excluding hydrogens is 517 g/mol. The van der Waals surface area contributed by atoms with Crippen LogP contribution in [0.25, 0.3) is 0 Å². The van der Waals surface area contributed by atoms with Gasteiger partial charge < -0.3 is 18.9 Å². The van der Waals surface area contributed by atoms with E-state index in [0.717, 1.165) is 18.0 Å². The predicted molar refractivity (Wildman–Crippen MR) is 128 cm³/mol. The number of hydrogen-bond acceptors (Lipinski definition) is 10. The zero-order valence-electron chi connectivity index (χ0n) is 19.1. The molecule has 1 amide bonds. The molecule has 0 unspecified atom stereocenters. The Morgan fingerprint density at radius 1 is 1.23 bits per heavy atom. The zero-order valence-corrected chi connectivity index (χ0v) is 21.6. The minimum Gasteiger partial charge on any atom is -0.383 e. The van der Waals surface area contributed by atoms with Gasteiger partial charge in [-0.15, -0.1) is 0 Å². The van der Waals surface area contributed by atoms with Gasteiger partial charge in [0.05, 0.1) is 17.4 Å². The van der Waals surface area contributed by atoms with E-state index in [1.54, 1.807) is 31.0 Å². The Morgan fingerprint density at radius 2 is 1.80 bits per heavy atom. The summed E-state index contributed by atoms with van der Waals surface area (Å²) in [6.45, 7) is 1.75. The lowest BCUT2D eigenvalue weighted by atomic mass is 10.0. The van der Waals surface area contributed by atoms with Gasteiger partial charge in [0.15, 0.2) is 0 Å². The Morgan fingerprint density at radius 3 is 2.23 bits per heavy atom. The molecule has 2 rings (SSSR count). The number of nitrogens with one attached hydrogen (secondary N) is 1. The van der Waals surface area contributed by atoms with Crippen LogP contribution in [0.3, 0.4) is 0 Å². The smallest absolute Gasteiger partial charge is 0.383 e. The van der Waals surface area contributed by atoms with Crippen molar-refractivity contribution in [1.82, 2.24) is 10.1 Å². The van der Waals surface area contributed by atoms with Crippen molar-refractivity contribution in [1.29, 1.82) is 10.5 Å². The average molecular weight is 540 g/mol. The average Bonchev–Trinajstić information content (AvgIpc) is 2.74. The number of nitrogens with zero attached hydrogens (tertiary/aromatic N) is 4. The van der Waals surface area contributed by atoms with Gasteiger partial charge in [0, 0.05) is 14.1 Å². The highest BCUT2D eigenvalue weighted by atomic mass is 32.2. The zero-order chi connectivity index (χ0) is 26.6. The molecule has 0 spiro atoms. The number of carbonyl (C=O) groups is 1. The minimum absolute atomic E-state index is 0.0345. The molecule has 1 aromatic carbocycles. The molecule has 15 heteroatoms. The summed E-state index contributed by atoms with van der Waals surface area (Å²) in [4.78, 5) is 37.3. The standard InChI is InChI=1S/C20H22N5O7PS2/c1-5-14-15(10-21)18(25(2)3)23-20(16(14)11-22)34-17(19(26)24-33(27,28)29)12-6-8-13(9-7-12)32-35(4,30)31/h6-9,17H,5H2,1-4H3,(H3,24,26,27,28,29)/t17-/m1/s1. The number of rotatable bonds is 9. The first-order valence-electron chi connectivity index (χ1n) is 9.78. The SMILES string of the molecule is CCc1c(C#N)c(S[C@@H](C(=O)NP(=O)(O)O)c2ccc(OS(C)(=O)=O)cc2)nc(N(C)C)c1C#N. The summed E-state index contributed by atoms with van der Waals surface area (Å²) in [6, 6.07) is 9.30. The van der Waals surface area contributed by atoms with Crippen LogP contribution in [0.15, 0.2) is 29.3 Å². The third-order valence-corrected chi connectivity index (χ3v) is 6.65. The third kappa shape index (κ3) is 7.42. The number of aromatic nitrogens is 1. The molecule has 0 aliphatic carbocycles. The summed E-state index contributed by atoms with van der Waals surface area (Å²) in [5, 5.41) is 19.8. The van der Waals surface area contributed by atoms with Crippen LogP contribution < -0.4 is 14.2 Å². The molecule has 0 fully saturated rings. The molecule has 0 saturated heterocycles. The molecule has 0 saturated carbocycles. The van der Waals surface area contributed by atoms with Crippen molar-refractivity contribution in [3.05, 3.63) is 46.5 Å². The first-order valence-corrected chi connectivity index (χ1v) is 14.1. The fraction of sp³-hybridized carbons (Fsp3) is 0.300. The highest BCUT2D eigenvalue weighted by Gasteiger charge is 2.30. The first kappa shape index (κ1) is 28.1. The predicted octanol–water partition coefficient (Wildman–Crippen LogP) is 1.83. The van der Waals surface area contributed by atoms with E-state index in [4.69, 9.17) is 4.18 Å². The molecule has 0 radical (unpaired) electrons. The number of hydrogen-bond donors (Lipinski definition) is 3. The number of benzene rings is 1. The van der Waals surface area contributed by atoms with Crippen molar-refractivity contribution in [2.45, 2.75) is 23.6 Å². The van der Waals surface area contributed by atoms with Crippen LogP contribution in [-0.2, 0) is 25.9 Å². The van der Waals surface area contributed by atoms with E-state index in [0.29, 0.717) is 12.0 Å². The second-order valence-electron chi connectivity index (χ2n) is 7.32. The van der Waals surface area contributed by atoms with E-state index in [9.17, 15) is 38.1 Å². The minimum atomic E-state index is -4.96. The first-order chi connectivity index (χ1) is 16.2. The van der Waals surface area contributed by atoms with Gasteiger partial charge >= 0.3 is 17.9 Å². The van der Waals surface area contributed by atoms with Crippen LogP contribution >= 0.6 is 19.5 Å². The van der Waals surface area contributed by atoms with Crippen molar-refractivity contribution < 1.29 is 31.7 Å². The second kappa shape index (κ2) is 11.1. The summed E-state index contributed by atoms with van der Waals surface area (Å²) in [7, 11) is -5.46. The van der Waals surface area contributed by atoms with Crippen LogP contribution in [-0.4, -0.2) is 49.4 Å². The Labute approximate surface area is 206 Å². The Bertz CT molecular complexity index is 1360. The van der Waals surface area contributed by atoms with E-state index < -0.39 is 29.0 Å². The largest absolute Gasteiger partial charge is 0.429 e. The topological polar surface area (TPSA) is 194 Å². The quantitative estimate of drug-likeness (QED) is 0.238. The molecule has 1 heterocycles. The summed E-state index contributed by atoms with van der Waals surface area (Å²) in [6.07, 6.45) is 1.18. The maximum absolute atomic E-state index is 12.8. The van der Waals surface area contributed by atoms with Gasteiger partial charge in [0.1, 0.15) is 34.0 Å². The van der Waals surface area contributed by atoms with Gasteiger partial charge in [0.25, 0.3) is 0 Å². The lowest BCUT2D eigenvalue weighted by molar-refractivity contribution is -0.119. The molecule has 1 aromatic heterocycles. The molecule has 0 bridgehead atoms. The number of anilines is 1.